The number of thiocarbonyl (C=S) groups is 1. The smallest absolute Gasteiger partial charge is 0.279 e. The van der Waals surface area contributed by atoms with E-state index in [9.17, 15) is 0 Å². The zero-order valence-corrected chi connectivity index (χ0v) is 9.87. The Morgan fingerprint density at radius 1 is 1.69 bits per heavy atom. The first-order chi connectivity index (χ1) is 6.15. The molecule has 0 radical (unpaired) electrons. The highest BCUT2D eigenvalue weighted by atomic mass is 127. The molecule has 1 rings (SSSR count). The van der Waals surface area contributed by atoms with Crippen LogP contribution >= 0.6 is 34.8 Å². The molecule has 0 aromatic carbocycles. The van der Waals surface area contributed by atoms with Crippen molar-refractivity contribution >= 4 is 45.8 Å². The van der Waals surface area contributed by atoms with Crippen molar-refractivity contribution < 1.29 is 4.74 Å². The average molecular weight is 309 g/mol. The summed E-state index contributed by atoms with van der Waals surface area (Å²) in [5.74, 6) is 6.16. The molecule has 0 unspecified atom stereocenters. The summed E-state index contributed by atoms with van der Waals surface area (Å²) in [5.41, 5.74) is 0. The third-order valence-corrected chi connectivity index (χ3v) is 2.33. The number of halogens is 1. The van der Waals surface area contributed by atoms with E-state index in [0.29, 0.717) is 5.82 Å². The maximum absolute atomic E-state index is 5.60. The highest BCUT2D eigenvalue weighted by Gasteiger charge is 2.07. The molecule has 0 aliphatic carbocycles. The number of methoxy groups -OCH3 is 1. The zero-order chi connectivity index (χ0) is 9.84. The molecule has 4 nitrogen and oxygen atoms in total. The lowest BCUT2D eigenvalue weighted by Crippen LogP contribution is -2.37. The Labute approximate surface area is 95.2 Å². The van der Waals surface area contributed by atoms with E-state index < -0.39 is 0 Å². The van der Waals surface area contributed by atoms with Crippen molar-refractivity contribution in [2.75, 3.05) is 12.1 Å². The maximum Gasteiger partial charge on any atom is 0.279 e. The second-order valence-electron chi connectivity index (χ2n) is 2.17. The van der Waals surface area contributed by atoms with Crippen molar-refractivity contribution in [1.29, 1.82) is 0 Å². The van der Waals surface area contributed by atoms with Gasteiger partial charge in [0.15, 0.2) is 5.82 Å². The molecule has 0 spiro atoms. The summed E-state index contributed by atoms with van der Waals surface area (Å²) in [6, 6.07) is 3.66. The molecule has 1 heterocycles. The summed E-state index contributed by atoms with van der Waals surface area (Å²) >= 11 is 6.99. The molecule has 6 heteroatoms. The number of rotatable bonds is 1. The molecular weight excluding hydrogens is 301 g/mol. The number of nitrogens with zero attached hydrogens (tertiary/aromatic N) is 2. The van der Waals surface area contributed by atoms with Crippen molar-refractivity contribution in [1.82, 2.24) is 4.98 Å². The van der Waals surface area contributed by atoms with Gasteiger partial charge in [-0.2, -0.15) is 0 Å². The first kappa shape index (κ1) is 10.6. The van der Waals surface area contributed by atoms with Crippen molar-refractivity contribution in [3.63, 3.8) is 0 Å². The van der Waals surface area contributed by atoms with Gasteiger partial charge in [0.25, 0.3) is 5.17 Å². The van der Waals surface area contributed by atoms with Crippen LogP contribution in [0.4, 0.5) is 5.82 Å². The number of pyridine rings is 1. The lowest BCUT2D eigenvalue weighted by Gasteiger charge is -2.15. The molecule has 70 valence electrons. The van der Waals surface area contributed by atoms with Gasteiger partial charge < -0.3 is 4.74 Å². The van der Waals surface area contributed by atoms with Crippen LogP contribution in [0.2, 0.25) is 0 Å². The number of nitrogens with two attached hydrogens (primary N) is 1. The van der Waals surface area contributed by atoms with Crippen LogP contribution in [0.25, 0.3) is 0 Å². The maximum atomic E-state index is 5.60. The summed E-state index contributed by atoms with van der Waals surface area (Å²) in [6.07, 6.45) is 1.70. The third kappa shape index (κ3) is 2.75. The average Bonchev–Trinajstić information content (AvgIpc) is 2.17. The van der Waals surface area contributed by atoms with Gasteiger partial charge in [-0.15, -0.1) is 0 Å². The van der Waals surface area contributed by atoms with E-state index in [4.69, 9.17) is 22.8 Å². The van der Waals surface area contributed by atoms with Crippen molar-refractivity contribution in [3.8, 4) is 0 Å². The van der Waals surface area contributed by atoms with Crippen molar-refractivity contribution in [3.05, 3.63) is 21.9 Å². The summed E-state index contributed by atoms with van der Waals surface area (Å²) in [4.78, 5) is 4.07. The Hall–Kier alpha value is -0.470. The summed E-state index contributed by atoms with van der Waals surface area (Å²) in [5, 5.41) is 1.40. The van der Waals surface area contributed by atoms with E-state index in [-0.39, 0.29) is 5.17 Å². The summed E-state index contributed by atoms with van der Waals surface area (Å²) < 4.78 is 5.83. The molecule has 0 amide bonds. The topological polar surface area (TPSA) is 51.4 Å². The molecule has 0 bridgehead atoms. The number of anilines is 1. The fourth-order valence-electron chi connectivity index (χ4n) is 0.702. The van der Waals surface area contributed by atoms with Crippen molar-refractivity contribution in [2.45, 2.75) is 0 Å². The summed E-state index contributed by atoms with van der Waals surface area (Å²) in [7, 11) is 1.47. The fourth-order valence-corrected chi connectivity index (χ4v) is 1.11. The summed E-state index contributed by atoms with van der Waals surface area (Å²) in [6.45, 7) is 0. The van der Waals surface area contributed by atoms with Crippen LogP contribution in [0.3, 0.4) is 0 Å². The van der Waals surface area contributed by atoms with E-state index in [1.807, 2.05) is 6.07 Å². The molecule has 2 N–H and O–H groups in total. The van der Waals surface area contributed by atoms with E-state index in [1.165, 1.54) is 12.1 Å². The minimum Gasteiger partial charge on any atom is -0.473 e. The minimum atomic E-state index is 0.189. The molecule has 1 aromatic rings. The lowest BCUT2D eigenvalue weighted by atomic mass is 10.5. The Morgan fingerprint density at radius 3 is 2.85 bits per heavy atom. The number of aromatic nitrogens is 1. The number of hydrogen-bond acceptors (Lipinski definition) is 4. The highest BCUT2D eigenvalue weighted by molar-refractivity contribution is 14.1. The first-order valence-corrected chi connectivity index (χ1v) is 4.88. The molecule has 0 fully saturated rings. The van der Waals surface area contributed by atoms with Crippen LogP contribution in [0.5, 0.6) is 0 Å². The van der Waals surface area contributed by atoms with Gasteiger partial charge in [-0.25, -0.2) is 15.8 Å². The molecule has 0 saturated heterocycles. The van der Waals surface area contributed by atoms with Crippen LogP contribution in [-0.2, 0) is 4.74 Å². The molecule has 0 aliphatic heterocycles. The zero-order valence-electron chi connectivity index (χ0n) is 6.90. The van der Waals surface area contributed by atoms with Gasteiger partial charge in [-0.1, -0.05) is 0 Å². The quantitative estimate of drug-likeness (QED) is 0.367. The lowest BCUT2D eigenvalue weighted by molar-refractivity contribution is 0.403. The molecule has 13 heavy (non-hydrogen) atoms. The third-order valence-electron chi connectivity index (χ3n) is 1.33. The molecule has 0 saturated carbocycles. The van der Waals surface area contributed by atoms with Gasteiger partial charge in [0.2, 0.25) is 0 Å². The standard InChI is InChI=1S/C7H8IN3OS/c1-12-7(13)11(9)6-3-2-5(8)4-10-6/h2-4H,9H2,1H3. The predicted molar refractivity (Wildman–Crippen MR) is 63.2 cm³/mol. The van der Waals surface area contributed by atoms with Gasteiger partial charge in [0.05, 0.1) is 7.11 Å². The van der Waals surface area contributed by atoms with Crippen LogP contribution in [0.1, 0.15) is 0 Å². The fraction of sp³-hybridized carbons (Fsp3) is 0.143. The van der Waals surface area contributed by atoms with Crippen LogP contribution in [-0.4, -0.2) is 17.3 Å². The molecular formula is C7H8IN3OS. The van der Waals surface area contributed by atoms with Gasteiger partial charge in [0, 0.05) is 9.77 Å². The largest absolute Gasteiger partial charge is 0.473 e. The minimum absolute atomic E-state index is 0.189. The first-order valence-electron chi connectivity index (χ1n) is 3.39. The SMILES string of the molecule is COC(=S)N(N)c1ccc(I)cn1. The van der Waals surface area contributed by atoms with Crippen molar-refractivity contribution in [2.24, 2.45) is 5.84 Å². The van der Waals surface area contributed by atoms with Gasteiger partial charge >= 0.3 is 0 Å². The van der Waals surface area contributed by atoms with E-state index in [1.54, 1.807) is 12.3 Å². The monoisotopic (exact) mass is 309 g/mol. The molecule has 0 atom stereocenters. The number of ether oxygens (including phenoxy) is 1. The van der Waals surface area contributed by atoms with Crippen LogP contribution < -0.4 is 10.9 Å². The van der Waals surface area contributed by atoms with Crippen LogP contribution in [0, 0.1) is 3.57 Å². The van der Waals surface area contributed by atoms with Crippen LogP contribution in [0.15, 0.2) is 18.3 Å². The van der Waals surface area contributed by atoms with E-state index in [0.717, 1.165) is 3.57 Å². The highest BCUT2D eigenvalue weighted by Crippen LogP contribution is 2.10. The predicted octanol–water partition coefficient (Wildman–Crippen LogP) is 1.30. The second-order valence-corrected chi connectivity index (χ2v) is 3.77. The Kier molecular flexibility index (Phi) is 3.82. The van der Waals surface area contributed by atoms with Gasteiger partial charge in [-0.3, -0.25) is 0 Å². The van der Waals surface area contributed by atoms with E-state index >= 15 is 0 Å². The Bertz CT molecular complexity index is 303. The van der Waals surface area contributed by atoms with E-state index in [2.05, 4.69) is 27.6 Å². The Morgan fingerprint density at radius 2 is 2.38 bits per heavy atom. The second kappa shape index (κ2) is 4.68. The normalized spacial score (nSPS) is 9.46. The van der Waals surface area contributed by atoms with Gasteiger partial charge in [-0.05, 0) is 46.9 Å². The Balaban J connectivity index is 2.83. The molecule has 0 aliphatic rings. The molecule has 1 aromatic heterocycles. The number of hydrogen-bond donors (Lipinski definition) is 1. The van der Waals surface area contributed by atoms with Gasteiger partial charge in [0.1, 0.15) is 0 Å². The number of hydrazine groups is 1.